The molecule has 2 aliphatic heterocycles. The molecule has 2 saturated heterocycles. The SMILES string of the molecule is CC(CCOc1no[n+]([O-])c1S(=O)(=O)c1ccccc1)OC(=O)CCC(=O)O[C@H]1CC[C@]2(C)[C@H]3CC=C4[C@@H]5CC(C)(C)CC[C@]5(C(=O)O[C@@H]5O[C@H](CO)[C@@H](O[C@@H]6O[C@H](CO)[C@@H](O)[C@H](O)[C@H]6O)[C@H](O)[C@H]5O)CC[C@@]4(C)[C@]3(C)CC[C@H]2C1(C)C. The number of aromatic nitrogens is 2. The van der Waals surface area contributed by atoms with Crippen LogP contribution in [0.5, 0.6) is 5.88 Å². The van der Waals surface area contributed by atoms with E-state index in [-0.39, 0.29) is 75.1 Å². The van der Waals surface area contributed by atoms with Crippen LogP contribution in [0.25, 0.3) is 0 Å². The van der Waals surface area contributed by atoms with Crippen LogP contribution in [-0.4, -0.2) is 161 Å². The Morgan fingerprint density at radius 2 is 1.44 bits per heavy atom. The highest BCUT2D eigenvalue weighted by Gasteiger charge is 2.70. The first kappa shape index (κ1) is 62.2. The summed E-state index contributed by atoms with van der Waals surface area (Å²) in [6.07, 6.45) is -8.52. The Kier molecular flexibility index (Phi) is 17.6. The Morgan fingerprint density at radius 1 is 0.780 bits per heavy atom. The Bertz CT molecular complexity index is 2790. The van der Waals surface area contributed by atoms with Gasteiger partial charge in [-0.3, -0.25) is 19.0 Å². The maximum absolute atomic E-state index is 15.0. The van der Waals surface area contributed by atoms with Crippen LogP contribution in [0.15, 0.2) is 56.5 Å². The molecule has 5 aliphatic carbocycles. The number of fused-ring (bicyclic) bond motifs is 7. The van der Waals surface area contributed by atoms with Crippen molar-refractivity contribution in [3.63, 3.8) is 0 Å². The fourth-order valence-electron chi connectivity index (χ4n) is 16.0. The van der Waals surface area contributed by atoms with E-state index in [1.54, 1.807) is 13.0 Å². The molecule has 9 rings (SSSR count). The summed E-state index contributed by atoms with van der Waals surface area (Å²) in [5.74, 6) is -2.00. The Labute approximate surface area is 478 Å². The molecule has 82 heavy (non-hydrogen) atoms. The van der Waals surface area contributed by atoms with Crippen LogP contribution in [0.3, 0.4) is 0 Å². The molecule has 458 valence electrons. The molecule has 1 aromatic heterocycles. The summed E-state index contributed by atoms with van der Waals surface area (Å²) < 4.78 is 71.3. The molecule has 1 unspecified atom stereocenters. The number of nitrogens with zero attached hydrogens (tertiary/aromatic N) is 2. The lowest BCUT2D eigenvalue weighted by atomic mass is 9.33. The van der Waals surface area contributed by atoms with Gasteiger partial charge in [0.25, 0.3) is 9.84 Å². The summed E-state index contributed by atoms with van der Waals surface area (Å²) in [5.41, 5.74) is -0.907. The molecule has 7 aliphatic rings. The van der Waals surface area contributed by atoms with Crippen molar-refractivity contribution in [1.82, 2.24) is 5.16 Å². The van der Waals surface area contributed by atoms with Gasteiger partial charge in [-0.15, -0.1) is 0 Å². The van der Waals surface area contributed by atoms with Crippen LogP contribution in [0, 0.1) is 55.5 Å². The summed E-state index contributed by atoms with van der Waals surface area (Å²) in [7, 11) is -4.32. The van der Waals surface area contributed by atoms with Crippen molar-refractivity contribution in [3.8, 4) is 5.88 Å². The Morgan fingerprint density at radius 3 is 2.13 bits per heavy atom. The van der Waals surface area contributed by atoms with Crippen LogP contribution < -0.4 is 9.64 Å². The van der Waals surface area contributed by atoms with E-state index in [0.717, 1.165) is 32.1 Å². The molecule has 6 fully saturated rings. The van der Waals surface area contributed by atoms with Gasteiger partial charge >= 0.3 is 28.8 Å². The van der Waals surface area contributed by atoms with Crippen LogP contribution in [0.2, 0.25) is 0 Å². The molecule has 19 atom stereocenters. The van der Waals surface area contributed by atoms with E-state index in [0.29, 0.717) is 32.1 Å². The van der Waals surface area contributed by atoms with E-state index in [9.17, 15) is 59.0 Å². The molecule has 0 radical (unpaired) electrons. The number of rotatable bonds is 17. The molecular formula is C58H84N2O21S. The van der Waals surface area contributed by atoms with Crippen molar-refractivity contribution in [2.24, 2.45) is 50.2 Å². The lowest BCUT2D eigenvalue weighted by Gasteiger charge is -2.71. The van der Waals surface area contributed by atoms with Crippen molar-refractivity contribution in [2.45, 2.75) is 222 Å². The summed E-state index contributed by atoms with van der Waals surface area (Å²) in [5, 5.41) is 89.2. The van der Waals surface area contributed by atoms with Gasteiger partial charge in [0.05, 0.1) is 48.1 Å². The normalized spacial score (nSPS) is 39.9. The standard InChI is InChI=1S/C58H84N2O21S/c1-31(20-27-74-48-49(60(71)81-59-48)82(72,73)32-12-10-9-11-13-32)75-40(63)16-17-41(64)78-39-19-21-55(6)37(54(39,4)5)18-22-57(8)38(55)15-14-33-34-28-53(2,3)23-25-58(34,26-24-56(33,57)7)52(70)80-51-46(69)44(67)47(36(30-62)77-51)79-50-45(68)43(66)42(65)35(29-61)76-50/h9-14,31,34-39,42-47,50-51,61-62,65-69H,15-30H2,1-8H3/t31?,34-,35+,36+,37-,38+,39-,42+,43-,44+,45+,46+,47+,50-,51-,55-,56+,57+,58-/m0/s1. The highest BCUT2D eigenvalue weighted by Crippen LogP contribution is 2.76. The first-order chi connectivity index (χ1) is 38.5. The molecule has 0 spiro atoms. The van der Waals surface area contributed by atoms with Gasteiger partial charge in [-0.1, -0.05) is 78.3 Å². The molecular weight excluding hydrogens is 1090 g/mol. The van der Waals surface area contributed by atoms with Gasteiger partial charge in [0.15, 0.2) is 6.29 Å². The average molecular weight is 1180 g/mol. The Hall–Kier alpha value is -4.34. The van der Waals surface area contributed by atoms with Crippen molar-refractivity contribution in [2.75, 3.05) is 19.8 Å². The largest absolute Gasteiger partial charge is 0.463 e. The quantitative estimate of drug-likeness (QED) is 0.0516. The van der Waals surface area contributed by atoms with Crippen molar-refractivity contribution >= 4 is 27.7 Å². The molecule has 23 nitrogen and oxygen atoms in total. The third-order valence-electron chi connectivity index (χ3n) is 20.9. The maximum atomic E-state index is 15.0. The zero-order valence-corrected chi connectivity index (χ0v) is 48.9. The average Bonchev–Trinajstić information content (AvgIpc) is 2.17. The number of aliphatic hydroxyl groups is 7. The van der Waals surface area contributed by atoms with Crippen LogP contribution in [0.4, 0.5) is 0 Å². The summed E-state index contributed by atoms with van der Waals surface area (Å²) >= 11 is 0. The molecule has 24 heteroatoms. The van der Waals surface area contributed by atoms with Gasteiger partial charge in [0.1, 0.15) is 61.0 Å². The summed E-state index contributed by atoms with van der Waals surface area (Å²) in [6.45, 7) is 15.9. The number of hydrogen-bond acceptors (Lipinski definition) is 22. The number of aliphatic hydroxyl groups excluding tert-OH is 7. The van der Waals surface area contributed by atoms with E-state index in [2.05, 4.69) is 64.3 Å². The second-order valence-corrected chi connectivity index (χ2v) is 28.3. The van der Waals surface area contributed by atoms with Crippen LogP contribution in [-0.2, 0) is 52.6 Å². The van der Waals surface area contributed by atoms with Crippen LogP contribution >= 0.6 is 0 Å². The zero-order valence-electron chi connectivity index (χ0n) is 48.1. The Balaban J connectivity index is 0.817. The van der Waals surface area contributed by atoms with Crippen LogP contribution in [0.1, 0.15) is 139 Å². The van der Waals surface area contributed by atoms with E-state index in [1.165, 1.54) is 29.8 Å². The second kappa shape index (κ2) is 23.2. The van der Waals surface area contributed by atoms with E-state index >= 15 is 4.79 Å². The molecule has 7 N–H and O–H groups in total. The fourth-order valence-corrected chi connectivity index (χ4v) is 17.3. The number of allylic oxidation sites excluding steroid dienone is 2. The lowest BCUT2D eigenvalue weighted by molar-refractivity contribution is -0.832. The predicted molar refractivity (Wildman–Crippen MR) is 284 cm³/mol. The molecule has 4 saturated carbocycles. The zero-order chi connectivity index (χ0) is 59.7. The molecule has 2 aromatic rings. The first-order valence-corrected chi connectivity index (χ1v) is 30.4. The maximum Gasteiger partial charge on any atom is 0.414 e. The van der Waals surface area contributed by atoms with Gasteiger partial charge in [-0.25, -0.2) is 8.42 Å². The minimum absolute atomic E-state index is 0.108. The van der Waals surface area contributed by atoms with Gasteiger partial charge < -0.3 is 74.1 Å². The smallest absolute Gasteiger partial charge is 0.414 e. The summed E-state index contributed by atoms with van der Waals surface area (Å²) in [6, 6.07) is 7.28. The first-order valence-electron chi connectivity index (χ1n) is 28.9. The highest BCUT2D eigenvalue weighted by molar-refractivity contribution is 7.91. The van der Waals surface area contributed by atoms with Crippen molar-refractivity contribution in [1.29, 1.82) is 0 Å². The van der Waals surface area contributed by atoms with Gasteiger partial charge in [-0.2, -0.15) is 0 Å². The van der Waals surface area contributed by atoms with E-state index in [1.807, 2.05) is 0 Å². The number of esters is 3. The van der Waals surface area contributed by atoms with Crippen molar-refractivity contribution in [3.05, 3.63) is 47.2 Å². The number of ether oxygens (including phenoxy) is 7. The number of carbonyl (C=O) groups excluding carboxylic acids is 3. The number of carbonyl (C=O) groups is 3. The fraction of sp³-hybridized carbons (Fsp3) is 0.776. The monoisotopic (exact) mass is 1180 g/mol. The number of hydrogen-bond donors (Lipinski definition) is 7. The van der Waals surface area contributed by atoms with Gasteiger partial charge in [0, 0.05) is 11.8 Å². The molecule has 3 heterocycles. The summed E-state index contributed by atoms with van der Waals surface area (Å²) in [4.78, 5) is 41.1. The van der Waals surface area contributed by atoms with E-state index in [4.69, 9.17) is 33.2 Å². The van der Waals surface area contributed by atoms with Crippen molar-refractivity contribution < 1.29 is 101 Å². The third kappa shape index (κ3) is 10.9. The number of benzene rings is 1. The molecule has 1 aromatic carbocycles. The lowest BCUT2D eigenvalue weighted by Crippen LogP contribution is -2.66. The number of sulfone groups is 1. The molecule has 0 bridgehead atoms. The topological polar surface area (TPSA) is 345 Å². The second-order valence-electron chi connectivity index (χ2n) is 26.4. The van der Waals surface area contributed by atoms with E-state index < -0.39 is 136 Å². The van der Waals surface area contributed by atoms with Gasteiger partial charge in [-0.05, 0) is 128 Å². The molecule has 0 amide bonds. The predicted octanol–water partition coefficient (Wildman–Crippen LogP) is 3.50. The van der Waals surface area contributed by atoms with Gasteiger partial charge in [0.2, 0.25) is 6.29 Å². The minimum Gasteiger partial charge on any atom is -0.463 e. The third-order valence-corrected chi connectivity index (χ3v) is 22.6. The highest BCUT2D eigenvalue weighted by atomic mass is 32.2. The minimum atomic E-state index is -4.32.